The largest absolute Gasteiger partial charge is 0.490 e. The second-order valence-corrected chi connectivity index (χ2v) is 6.20. The summed E-state index contributed by atoms with van der Waals surface area (Å²) in [5, 5.41) is 8.94. The maximum absolute atomic E-state index is 10.9. The third-order valence-electron chi connectivity index (χ3n) is 3.28. The molecule has 104 valence electrons. The summed E-state index contributed by atoms with van der Waals surface area (Å²) in [6, 6.07) is 7.82. The lowest BCUT2D eigenvalue weighted by molar-refractivity contribution is -0.141. The summed E-state index contributed by atoms with van der Waals surface area (Å²) in [7, 11) is 0. The van der Waals surface area contributed by atoms with Gasteiger partial charge in [-0.15, -0.1) is 0 Å². The zero-order valence-corrected chi connectivity index (χ0v) is 12.0. The van der Waals surface area contributed by atoms with E-state index in [2.05, 4.69) is 0 Å². The highest BCUT2D eigenvalue weighted by Gasteiger charge is 2.16. The third kappa shape index (κ3) is 4.46. The second kappa shape index (κ2) is 6.85. The highest BCUT2D eigenvalue weighted by Crippen LogP contribution is 2.23. The highest BCUT2D eigenvalue weighted by atomic mass is 32.2. The Morgan fingerprint density at radius 3 is 3.11 bits per heavy atom. The van der Waals surface area contributed by atoms with Crippen LogP contribution in [0.15, 0.2) is 24.3 Å². The van der Waals surface area contributed by atoms with Crippen molar-refractivity contribution in [3.8, 4) is 5.75 Å². The summed E-state index contributed by atoms with van der Waals surface area (Å²) in [6.45, 7) is 1.73. The van der Waals surface area contributed by atoms with Gasteiger partial charge in [-0.25, -0.2) is 0 Å². The lowest BCUT2D eigenvalue weighted by Crippen LogP contribution is -2.23. The maximum atomic E-state index is 10.9. The second-order valence-electron chi connectivity index (χ2n) is 5.05. The molecule has 1 heterocycles. The zero-order valence-electron chi connectivity index (χ0n) is 11.2. The molecule has 1 aromatic carbocycles. The Bertz CT molecular complexity index is 427. The van der Waals surface area contributed by atoms with Crippen molar-refractivity contribution in [2.75, 3.05) is 11.5 Å². The number of hydrogen-bond donors (Lipinski definition) is 1. The normalized spacial score (nSPS) is 20.8. The van der Waals surface area contributed by atoms with Crippen LogP contribution in [0.3, 0.4) is 0 Å². The highest BCUT2D eigenvalue weighted by molar-refractivity contribution is 7.99. The van der Waals surface area contributed by atoms with Gasteiger partial charge in [0.15, 0.2) is 0 Å². The minimum atomic E-state index is -0.755. The van der Waals surface area contributed by atoms with Crippen molar-refractivity contribution in [3.63, 3.8) is 0 Å². The molecule has 0 bridgehead atoms. The van der Waals surface area contributed by atoms with E-state index < -0.39 is 5.97 Å². The Morgan fingerprint density at radius 1 is 1.58 bits per heavy atom. The number of ether oxygens (including phenoxy) is 1. The Kier molecular flexibility index (Phi) is 5.14. The van der Waals surface area contributed by atoms with Crippen LogP contribution in [0.1, 0.15) is 25.3 Å². The molecule has 2 unspecified atom stereocenters. The fourth-order valence-electron chi connectivity index (χ4n) is 2.18. The lowest BCUT2D eigenvalue weighted by Gasteiger charge is -2.23. The molecule has 0 spiro atoms. The molecule has 1 aromatic rings. The van der Waals surface area contributed by atoms with Gasteiger partial charge < -0.3 is 9.84 Å². The average Bonchev–Trinajstić information content (AvgIpc) is 2.40. The van der Waals surface area contributed by atoms with Crippen LogP contribution in [0.4, 0.5) is 0 Å². The van der Waals surface area contributed by atoms with E-state index in [1.54, 1.807) is 6.92 Å². The predicted octanol–water partition coefficient (Wildman–Crippen LogP) is 3.22. The number of carboxylic acids is 1. The van der Waals surface area contributed by atoms with Gasteiger partial charge in [0.2, 0.25) is 0 Å². The lowest BCUT2D eigenvalue weighted by atomic mass is 10.0. The van der Waals surface area contributed by atoms with Crippen LogP contribution in [-0.4, -0.2) is 28.7 Å². The zero-order chi connectivity index (χ0) is 13.7. The Morgan fingerprint density at radius 2 is 2.42 bits per heavy atom. The van der Waals surface area contributed by atoms with Crippen molar-refractivity contribution in [1.82, 2.24) is 0 Å². The minimum absolute atomic E-state index is 0.297. The van der Waals surface area contributed by atoms with Crippen molar-refractivity contribution in [1.29, 1.82) is 0 Å². The van der Waals surface area contributed by atoms with E-state index in [1.807, 2.05) is 36.0 Å². The molecule has 3 nitrogen and oxygen atoms in total. The van der Waals surface area contributed by atoms with Crippen LogP contribution in [0.25, 0.3) is 0 Å². The molecule has 19 heavy (non-hydrogen) atoms. The van der Waals surface area contributed by atoms with Gasteiger partial charge in [-0.3, -0.25) is 4.79 Å². The fourth-order valence-corrected chi connectivity index (χ4v) is 3.22. The van der Waals surface area contributed by atoms with Crippen LogP contribution in [0.5, 0.6) is 5.75 Å². The summed E-state index contributed by atoms with van der Waals surface area (Å²) in [4.78, 5) is 10.9. The Labute approximate surface area is 118 Å². The van der Waals surface area contributed by atoms with Gasteiger partial charge in [-0.05, 0) is 42.7 Å². The van der Waals surface area contributed by atoms with E-state index in [0.717, 1.165) is 23.5 Å². The molecular weight excluding hydrogens is 260 g/mol. The maximum Gasteiger partial charge on any atom is 0.306 e. The van der Waals surface area contributed by atoms with Crippen LogP contribution in [0, 0.1) is 5.92 Å². The monoisotopic (exact) mass is 280 g/mol. The molecule has 2 rings (SSSR count). The molecule has 1 saturated heterocycles. The minimum Gasteiger partial charge on any atom is -0.490 e. The number of thioether (sulfide) groups is 1. The first-order valence-corrected chi connectivity index (χ1v) is 7.87. The Hall–Kier alpha value is -1.16. The predicted molar refractivity (Wildman–Crippen MR) is 77.9 cm³/mol. The molecule has 4 heteroatoms. The number of benzene rings is 1. The number of aliphatic carboxylic acids is 1. The van der Waals surface area contributed by atoms with Crippen LogP contribution < -0.4 is 4.74 Å². The molecule has 1 N–H and O–H groups in total. The van der Waals surface area contributed by atoms with Crippen molar-refractivity contribution in [2.24, 2.45) is 5.92 Å². The van der Waals surface area contributed by atoms with Gasteiger partial charge in [0, 0.05) is 5.75 Å². The summed E-state index contributed by atoms with van der Waals surface area (Å²) >= 11 is 1.94. The summed E-state index contributed by atoms with van der Waals surface area (Å²) in [6.07, 6.45) is 3.17. The Balaban J connectivity index is 1.96. The van der Waals surface area contributed by atoms with Gasteiger partial charge in [0.05, 0.1) is 5.92 Å². The first-order valence-electron chi connectivity index (χ1n) is 6.71. The SMILES string of the molecule is CC(Cc1cccc(OC2CCCSC2)c1)C(=O)O. The topological polar surface area (TPSA) is 46.5 Å². The van der Waals surface area contributed by atoms with E-state index in [4.69, 9.17) is 9.84 Å². The number of rotatable bonds is 5. The van der Waals surface area contributed by atoms with Gasteiger partial charge in [0.1, 0.15) is 11.9 Å². The van der Waals surface area contributed by atoms with Crippen LogP contribution in [0.2, 0.25) is 0 Å². The van der Waals surface area contributed by atoms with Gasteiger partial charge >= 0.3 is 5.97 Å². The fraction of sp³-hybridized carbons (Fsp3) is 0.533. The molecule has 0 amide bonds. The number of carboxylic acid groups (broad SMARTS) is 1. The molecule has 0 aliphatic carbocycles. The molecule has 0 aromatic heterocycles. The van der Waals surface area contributed by atoms with Gasteiger partial charge in [-0.1, -0.05) is 19.1 Å². The third-order valence-corrected chi connectivity index (χ3v) is 4.47. The van der Waals surface area contributed by atoms with Crippen molar-refractivity contribution >= 4 is 17.7 Å². The molecule has 1 aliphatic heterocycles. The van der Waals surface area contributed by atoms with Gasteiger partial charge in [-0.2, -0.15) is 11.8 Å². The molecule has 2 atom stereocenters. The van der Waals surface area contributed by atoms with Crippen molar-refractivity contribution in [3.05, 3.63) is 29.8 Å². The number of hydrogen-bond acceptors (Lipinski definition) is 3. The molecule has 0 radical (unpaired) electrons. The summed E-state index contributed by atoms with van der Waals surface area (Å²) in [5.74, 6) is 2.03. The first kappa shape index (κ1) is 14.3. The number of carbonyl (C=O) groups is 1. The van der Waals surface area contributed by atoms with Crippen molar-refractivity contribution < 1.29 is 14.6 Å². The quantitative estimate of drug-likeness (QED) is 0.899. The molecule has 1 aliphatic rings. The first-order chi connectivity index (χ1) is 9.15. The average molecular weight is 280 g/mol. The van der Waals surface area contributed by atoms with E-state index in [-0.39, 0.29) is 5.92 Å². The van der Waals surface area contributed by atoms with E-state index in [9.17, 15) is 4.79 Å². The molecule has 0 saturated carbocycles. The molecule has 1 fully saturated rings. The molecular formula is C15H20O3S. The summed E-state index contributed by atoms with van der Waals surface area (Å²) < 4.78 is 5.97. The van der Waals surface area contributed by atoms with Crippen molar-refractivity contribution in [2.45, 2.75) is 32.3 Å². The van der Waals surface area contributed by atoms with E-state index >= 15 is 0 Å². The van der Waals surface area contributed by atoms with Crippen LogP contribution >= 0.6 is 11.8 Å². The standard InChI is InChI=1S/C15H20O3S/c1-11(15(16)17)8-12-4-2-5-13(9-12)18-14-6-3-7-19-10-14/h2,4-5,9,11,14H,3,6-8,10H2,1H3,(H,16,17). The van der Waals surface area contributed by atoms with Gasteiger partial charge in [0.25, 0.3) is 0 Å². The van der Waals surface area contributed by atoms with Crippen LogP contribution in [-0.2, 0) is 11.2 Å². The van der Waals surface area contributed by atoms with E-state index in [0.29, 0.717) is 12.5 Å². The smallest absolute Gasteiger partial charge is 0.306 e. The van der Waals surface area contributed by atoms with E-state index in [1.165, 1.54) is 12.2 Å². The summed E-state index contributed by atoms with van der Waals surface area (Å²) in [5.41, 5.74) is 1.02.